The van der Waals surface area contributed by atoms with E-state index in [2.05, 4.69) is 5.10 Å². The summed E-state index contributed by atoms with van der Waals surface area (Å²) in [5.74, 6) is -0.238. The topological polar surface area (TPSA) is 124 Å². The van der Waals surface area contributed by atoms with Gasteiger partial charge in [0.25, 0.3) is 0 Å². The number of carbonyl (C=O) groups is 2. The van der Waals surface area contributed by atoms with Crippen LogP contribution >= 0.6 is 0 Å². The maximum absolute atomic E-state index is 13.0. The molecule has 0 aromatic heterocycles. The summed E-state index contributed by atoms with van der Waals surface area (Å²) in [6.07, 6.45) is 1.73. The van der Waals surface area contributed by atoms with Crippen LogP contribution in [0.1, 0.15) is 33.5 Å². The van der Waals surface area contributed by atoms with Crippen LogP contribution in [-0.2, 0) is 20.7 Å². The van der Waals surface area contributed by atoms with Gasteiger partial charge in [0.05, 0.1) is 45.5 Å². The van der Waals surface area contributed by atoms with Gasteiger partial charge in [-0.3, -0.25) is 20.3 Å². The molecule has 0 bridgehead atoms. The lowest BCUT2D eigenvalue weighted by Gasteiger charge is -2.30. The Hall–Kier alpha value is -3.27. The van der Waals surface area contributed by atoms with E-state index >= 15 is 0 Å². The van der Waals surface area contributed by atoms with Crippen molar-refractivity contribution in [3.63, 3.8) is 0 Å². The van der Waals surface area contributed by atoms with E-state index in [1.807, 2.05) is 23.2 Å². The van der Waals surface area contributed by atoms with Gasteiger partial charge in [-0.1, -0.05) is 36.4 Å². The van der Waals surface area contributed by atoms with Gasteiger partial charge in [0.15, 0.2) is 12.0 Å². The van der Waals surface area contributed by atoms with Gasteiger partial charge in [-0.2, -0.15) is 5.10 Å². The van der Waals surface area contributed by atoms with Crippen LogP contribution in [0.2, 0.25) is 0 Å². The molecular weight excluding hydrogens is 438 g/mol. The van der Waals surface area contributed by atoms with E-state index in [0.717, 1.165) is 24.2 Å². The lowest BCUT2D eigenvalue weighted by atomic mass is 9.90. The van der Waals surface area contributed by atoms with Crippen LogP contribution in [0.3, 0.4) is 0 Å². The summed E-state index contributed by atoms with van der Waals surface area (Å²) in [5, 5.41) is 15.2. The number of fused-ring (bicyclic) bond motifs is 1. The van der Waals surface area contributed by atoms with E-state index in [1.54, 1.807) is 30.5 Å². The number of aliphatic hydroxyl groups is 1. The first-order valence-corrected chi connectivity index (χ1v) is 11.4. The molecule has 34 heavy (non-hydrogen) atoms. The number of morpholine rings is 1. The number of esters is 1. The first-order valence-electron chi connectivity index (χ1n) is 11.4. The predicted octanol–water partition coefficient (Wildman–Crippen LogP) is 1.35. The molecule has 0 saturated carbocycles. The minimum absolute atomic E-state index is 0.0364. The zero-order chi connectivity index (χ0) is 23.9. The van der Waals surface area contributed by atoms with Crippen molar-refractivity contribution in [3.05, 3.63) is 64.7 Å². The van der Waals surface area contributed by atoms with Crippen LogP contribution in [0.15, 0.2) is 47.6 Å². The summed E-state index contributed by atoms with van der Waals surface area (Å²) in [7, 11) is 0. The second kappa shape index (κ2) is 11.2. The average molecular weight is 468 g/mol. The molecule has 0 aliphatic carbocycles. The first kappa shape index (κ1) is 23.9. The average Bonchev–Trinajstić information content (AvgIpc) is 2.87. The van der Waals surface area contributed by atoms with E-state index in [-0.39, 0.29) is 31.3 Å². The van der Waals surface area contributed by atoms with Gasteiger partial charge in [-0.05, 0) is 23.6 Å². The number of ketones is 1. The third-order valence-electron chi connectivity index (χ3n) is 5.85. The fourth-order valence-electron chi connectivity index (χ4n) is 3.94. The lowest BCUT2D eigenvalue weighted by Crippen LogP contribution is -2.41. The summed E-state index contributed by atoms with van der Waals surface area (Å²) >= 11 is 0. The van der Waals surface area contributed by atoms with E-state index < -0.39 is 12.2 Å². The Kier molecular flexibility index (Phi) is 7.89. The van der Waals surface area contributed by atoms with Crippen molar-refractivity contribution in [1.29, 1.82) is 0 Å². The smallest absolute Gasteiger partial charge is 0.306 e. The number of benzene rings is 2. The third-order valence-corrected chi connectivity index (χ3v) is 5.85. The molecule has 2 atom stereocenters. The predicted molar refractivity (Wildman–Crippen MR) is 125 cm³/mol. The molecule has 2 heterocycles. The fourth-order valence-corrected chi connectivity index (χ4v) is 3.94. The first-order chi connectivity index (χ1) is 16.5. The second-order valence-corrected chi connectivity index (χ2v) is 8.28. The molecule has 1 fully saturated rings. The minimum Gasteiger partial charge on any atom is -0.475 e. The van der Waals surface area contributed by atoms with Crippen molar-refractivity contribution in [3.8, 4) is 5.75 Å². The zero-order valence-corrected chi connectivity index (χ0v) is 18.9. The number of hydrazone groups is 1. The Labute approximate surface area is 198 Å². The number of ether oxygens (including phenoxy) is 3. The van der Waals surface area contributed by atoms with E-state index in [9.17, 15) is 9.59 Å². The molecule has 2 aromatic carbocycles. The lowest BCUT2D eigenvalue weighted by molar-refractivity contribution is -0.146. The second-order valence-electron chi connectivity index (χ2n) is 8.28. The van der Waals surface area contributed by atoms with Crippen molar-refractivity contribution in [1.82, 2.24) is 5.01 Å². The molecule has 3 N–H and O–H groups in total. The van der Waals surface area contributed by atoms with Crippen LogP contribution in [-0.4, -0.2) is 73.8 Å². The van der Waals surface area contributed by atoms with E-state index in [0.29, 0.717) is 36.5 Å². The van der Waals surface area contributed by atoms with Crippen molar-refractivity contribution in [2.24, 2.45) is 16.8 Å². The molecule has 4 rings (SSSR count). The molecule has 2 unspecified atom stereocenters. The van der Waals surface area contributed by atoms with Crippen molar-refractivity contribution < 1.29 is 28.9 Å². The summed E-state index contributed by atoms with van der Waals surface area (Å²) in [5.41, 5.74) is 8.98. The molecule has 0 amide bonds. The molecular formula is C25H29N3O6. The summed E-state index contributed by atoms with van der Waals surface area (Å²) in [6, 6.07) is 12.6. The monoisotopic (exact) mass is 467 g/mol. The largest absolute Gasteiger partial charge is 0.475 e. The quantitative estimate of drug-likeness (QED) is 0.339. The SMILES string of the molecule is NC1Oc2cc(C(=O)c3ccc(C=NN4CCOCC4)cc3)ccc2CC1CC(=O)OCCO. The van der Waals surface area contributed by atoms with Crippen molar-refractivity contribution in [2.75, 3.05) is 39.5 Å². The van der Waals surface area contributed by atoms with Gasteiger partial charge in [-0.25, -0.2) is 0 Å². The molecule has 0 spiro atoms. The Balaban J connectivity index is 1.39. The van der Waals surface area contributed by atoms with Gasteiger partial charge in [0, 0.05) is 17.0 Å². The molecule has 2 aliphatic rings. The van der Waals surface area contributed by atoms with Crippen LogP contribution < -0.4 is 10.5 Å². The Morgan fingerprint density at radius 2 is 1.88 bits per heavy atom. The third kappa shape index (κ3) is 5.99. The Morgan fingerprint density at radius 1 is 1.15 bits per heavy atom. The van der Waals surface area contributed by atoms with Gasteiger partial charge < -0.3 is 19.3 Å². The highest BCUT2D eigenvalue weighted by molar-refractivity contribution is 6.09. The standard InChI is InChI=1S/C25H29N3O6/c26-25-21(15-23(30)33-12-9-29)13-19-5-6-20(14-22(19)34-25)24(31)18-3-1-17(2-4-18)16-27-28-7-10-32-11-8-28/h1-6,14,16,21,25,29H,7-13,15,26H2. The van der Waals surface area contributed by atoms with Crippen molar-refractivity contribution >= 4 is 18.0 Å². The number of hydrogen-bond acceptors (Lipinski definition) is 9. The maximum Gasteiger partial charge on any atom is 0.306 e. The highest BCUT2D eigenvalue weighted by atomic mass is 16.5. The number of aliphatic hydroxyl groups excluding tert-OH is 1. The van der Waals surface area contributed by atoms with Gasteiger partial charge in [-0.15, -0.1) is 0 Å². The summed E-state index contributed by atoms with van der Waals surface area (Å²) < 4.78 is 16.1. The fraction of sp³-hybridized carbons (Fsp3) is 0.400. The molecule has 1 saturated heterocycles. The molecule has 0 radical (unpaired) electrons. The van der Waals surface area contributed by atoms with Crippen molar-refractivity contribution in [2.45, 2.75) is 19.1 Å². The molecule has 2 aliphatic heterocycles. The molecule has 9 nitrogen and oxygen atoms in total. The normalized spacial score (nSPS) is 20.0. The van der Waals surface area contributed by atoms with Crippen LogP contribution in [0, 0.1) is 5.92 Å². The highest BCUT2D eigenvalue weighted by Crippen LogP contribution is 2.32. The number of nitrogens with two attached hydrogens (primary N) is 1. The molecule has 2 aromatic rings. The number of hydrogen-bond donors (Lipinski definition) is 2. The van der Waals surface area contributed by atoms with E-state index in [4.69, 9.17) is 25.1 Å². The Bertz CT molecular complexity index is 1030. The maximum atomic E-state index is 13.0. The van der Waals surface area contributed by atoms with Gasteiger partial charge >= 0.3 is 5.97 Å². The van der Waals surface area contributed by atoms with Gasteiger partial charge in [0.1, 0.15) is 12.4 Å². The molecule has 180 valence electrons. The Morgan fingerprint density at radius 3 is 2.62 bits per heavy atom. The van der Waals surface area contributed by atoms with Crippen LogP contribution in [0.5, 0.6) is 5.75 Å². The minimum atomic E-state index is -0.690. The van der Waals surface area contributed by atoms with Crippen LogP contribution in [0.25, 0.3) is 0 Å². The summed E-state index contributed by atoms with van der Waals surface area (Å²) in [6.45, 7) is 2.64. The molecule has 9 heteroatoms. The highest BCUT2D eigenvalue weighted by Gasteiger charge is 2.30. The van der Waals surface area contributed by atoms with Gasteiger partial charge in [0.2, 0.25) is 0 Å². The number of rotatable bonds is 8. The zero-order valence-electron chi connectivity index (χ0n) is 18.9. The summed E-state index contributed by atoms with van der Waals surface area (Å²) in [4.78, 5) is 24.9. The van der Waals surface area contributed by atoms with Crippen LogP contribution in [0.4, 0.5) is 0 Å². The number of nitrogens with zero attached hydrogens (tertiary/aromatic N) is 2. The van der Waals surface area contributed by atoms with E-state index in [1.165, 1.54) is 0 Å². The number of carbonyl (C=O) groups excluding carboxylic acids is 2.